The van der Waals surface area contributed by atoms with Crippen LogP contribution in [0.4, 0.5) is 10.1 Å². The van der Waals surface area contributed by atoms with E-state index in [4.69, 9.17) is 9.84 Å². The van der Waals surface area contributed by atoms with Crippen LogP contribution in [-0.2, 0) is 11.3 Å². The number of nitrogens with zero attached hydrogens (tertiary/aromatic N) is 6. The second kappa shape index (κ2) is 14.1. The number of rotatable bonds is 11. The molecule has 2 amide bonds. The summed E-state index contributed by atoms with van der Waals surface area (Å²) in [4.78, 5) is 38.6. The van der Waals surface area contributed by atoms with E-state index in [1.807, 2.05) is 41.8 Å². The van der Waals surface area contributed by atoms with E-state index < -0.39 is 16.6 Å². The molecular formula is C33H28FN7O5S2. The molecule has 6 rings (SSSR count). The lowest BCUT2D eigenvalue weighted by Gasteiger charge is -2.22. The van der Waals surface area contributed by atoms with Crippen molar-refractivity contribution >= 4 is 46.3 Å². The minimum atomic E-state index is -0.544. The van der Waals surface area contributed by atoms with E-state index in [9.17, 15) is 24.1 Å². The third kappa shape index (κ3) is 6.82. The molecule has 0 aliphatic carbocycles. The van der Waals surface area contributed by atoms with Crippen molar-refractivity contribution in [1.82, 2.24) is 25.1 Å². The Morgan fingerprint density at radius 3 is 2.54 bits per heavy atom. The minimum absolute atomic E-state index is 0.0353. The number of hydrogen-bond acceptors (Lipinski definition) is 10. The number of hydrogen-bond donors (Lipinski definition) is 1. The summed E-state index contributed by atoms with van der Waals surface area (Å²) in [6.07, 6.45) is 0.545. The number of thioether (sulfide) groups is 1. The minimum Gasteiger partial charge on any atom is -0.497 e. The number of methoxy groups -OCH3 is 1. The molecule has 0 radical (unpaired) electrons. The van der Waals surface area contributed by atoms with E-state index in [-0.39, 0.29) is 41.1 Å². The van der Waals surface area contributed by atoms with E-state index in [1.54, 1.807) is 35.1 Å². The average molecular weight is 686 g/mol. The highest BCUT2D eigenvalue weighted by atomic mass is 32.2. The summed E-state index contributed by atoms with van der Waals surface area (Å²) in [5.74, 6) is -0.249. The lowest BCUT2D eigenvalue weighted by molar-refractivity contribution is -0.385. The molecule has 1 aliphatic heterocycles. The number of carbonyl (C=O) groups excluding carboxylic acids is 2. The van der Waals surface area contributed by atoms with Crippen LogP contribution < -0.4 is 10.1 Å². The Kier molecular flexibility index (Phi) is 9.59. The summed E-state index contributed by atoms with van der Waals surface area (Å²) in [5, 5.41) is 31.2. The van der Waals surface area contributed by atoms with Crippen molar-refractivity contribution in [2.75, 3.05) is 12.9 Å². The van der Waals surface area contributed by atoms with Crippen LogP contribution in [0.2, 0.25) is 0 Å². The quantitative estimate of drug-likeness (QED) is 0.0999. The van der Waals surface area contributed by atoms with Gasteiger partial charge in [0.25, 0.3) is 17.5 Å². The van der Waals surface area contributed by atoms with Crippen LogP contribution >= 0.6 is 23.1 Å². The standard InChI is InChI=1S/C33H28FN7O5S2/c1-20-25(5-3-6-27(20)41(44)45)32(43)35-18-30-36-37-33(39(30)23-12-10-22(34)11-13-23)48-19-31(42)40-28(21-8-14-24(46-2)15-9-21)17-26(38-40)29-7-4-16-47-29/h3-16,28H,17-19H2,1-2H3,(H,35,43). The van der Waals surface area contributed by atoms with E-state index in [0.29, 0.717) is 28.8 Å². The van der Waals surface area contributed by atoms with Crippen molar-refractivity contribution in [2.24, 2.45) is 5.10 Å². The maximum Gasteiger partial charge on any atom is 0.273 e. The molecule has 12 nitrogen and oxygen atoms in total. The Hall–Kier alpha value is -5.41. The number of ether oxygens (including phenoxy) is 1. The predicted octanol–water partition coefficient (Wildman–Crippen LogP) is 6.09. The third-order valence-corrected chi connectivity index (χ3v) is 9.57. The summed E-state index contributed by atoms with van der Waals surface area (Å²) in [7, 11) is 1.60. The topological polar surface area (TPSA) is 145 Å². The zero-order valence-electron chi connectivity index (χ0n) is 25.7. The smallest absolute Gasteiger partial charge is 0.273 e. The number of carbonyl (C=O) groups is 2. The second-order valence-corrected chi connectivity index (χ2v) is 12.5. The van der Waals surface area contributed by atoms with Crippen molar-refractivity contribution in [2.45, 2.75) is 31.1 Å². The van der Waals surface area contributed by atoms with Crippen molar-refractivity contribution in [3.8, 4) is 11.4 Å². The van der Waals surface area contributed by atoms with Gasteiger partial charge < -0.3 is 10.1 Å². The average Bonchev–Trinajstić information content (AvgIpc) is 3.87. The van der Waals surface area contributed by atoms with Gasteiger partial charge in [-0.15, -0.1) is 21.5 Å². The van der Waals surface area contributed by atoms with Crippen molar-refractivity contribution in [3.63, 3.8) is 0 Å². The molecule has 0 saturated heterocycles. The fraction of sp³-hybridized carbons (Fsp3) is 0.182. The molecule has 48 heavy (non-hydrogen) atoms. The van der Waals surface area contributed by atoms with Gasteiger partial charge in [0.2, 0.25) is 0 Å². The van der Waals surface area contributed by atoms with Crippen molar-refractivity contribution < 1.29 is 23.6 Å². The highest BCUT2D eigenvalue weighted by Gasteiger charge is 2.34. The molecule has 0 spiro atoms. The maximum atomic E-state index is 13.9. The number of nitro groups is 1. The highest BCUT2D eigenvalue weighted by Crippen LogP contribution is 2.35. The monoisotopic (exact) mass is 685 g/mol. The first kappa shape index (κ1) is 32.5. The fourth-order valence-corrected chi connectivity index (χ4v) is 6.83. The number of nitro benzene ring substituents is 1. The molecule has 5 aromatic rings. The van der Waals surface area contributed by atoms with Crippen LogP contribution in [0.3, 0.4) is 0 Å². The SMILES string of the molecule is COc1ccc(C2CC(c3cccs3)=NN2C(=O)CSc2nnc(CNC(=O)c3cccc([N+](=O)[O-])c3C)n2-c2ccc(F)cc2)cc1. The van der Waals surface area contributed by atoms with Crippen LogP contribution in [0, 0.1) is 22.9 Å². The van der Waals surface area contributed by atoms with Gasteiger partial charge in [-0.3, -0.25) is 24.3 Å². The Morgan fingerprint density at radius 2 is 1.85 bits per heavy atom. The van der Waals surface area contributed by atoms with E-state index in [1.165, 1.54) is 42.3 Å². The lowest BCUT2D eigenvalue weighted by atomic mass is 10.0. The van der Waals surface area contributed by atoms with Gasteiger partial charge in [0.15, 0.2) is 11.0 Å². The largest absolute Gasteiger partial charge is 0.497 e. The van der Waals surface area contributed by atoms with Crippen LogP contribution in [0.15, 0.2) is 94.5 Å². The molecule has 0 saturated carbocycles. The van der Waals surface area contributed by atoms with Crippen LogP contribution in [0.1, 0.15) is 44.6 Å². The first-order valence-corrected chi connectivity index (χ1v) is 16.5. The number of amides is 2. The number of aromatic nitrogens is 3. The van der Waals surface area contributed by atoms with Gasteiger partial charge in [0, 0.05) is 29.3 Å². The predicted molar refractivity (Wildman–Crippen MR) is 179 cm³/mol. The molecule has 2 aromatic heterocycles. The molecule has 244 valence electrons. The molecule has 0 bridgehead atoms. The zero-order chi connectivity index (χ0) is 33.8. The molecule has 1 N–H and O–H groups in total. The van der Waals surface area contributed by atoms with E-state index >= 15 is 0 Å². The Labute approximate surface area is 282 Å². The summed E-state index contributed by atoms with van der Waals surface area (Å²) in [6.45, 7) is 1.41. The molecule has 1 atom stereocenters. The van der Waals surface area contributed by atoms with Gasteiger partial charge in [-0.25, -0.2) is 9.40 Å². The number of thiophene rings is 1. The molecule has 3 heterocycles. The van der Waals surface area contributed by atoms with Gasteiger partial charge in [-0.1, -0.05) is 36.0 Å². The van der Waals surface area contributed by atoms with Gasteiger partial charge in [0.1, 0.15) is 11.6 Å². The van der Waals surface area contributed by atoms with Crippen LogP contribution in [0.5, 0.6) is 5.75 Å². The van der Waals surface area contributed by atoms with Gasteiger partial charge in [0.05, 0.1) is 41.0 Å². The first-order valence-electron chi connectivity index (χ1n) is 14.7. The summed E-state index contributed by atoms with van der Waals surface area (Å²) >= 11 is 2.69. The summed E-state index contributed by atoms with van der Waals surface area (Å²) in [6, 6.07) is 21.1. The lowest BCUT2D eigenvalue weighted by Crippen LogP contribution is -2.28. The fourth-order valence-electron chi connectivity index (χ4n) is 5.29. The van der Waals surface area contributed by atoms with E-state index in [0.717, 1.165) is 27.9 Å². The molecule has 1 aliphatic rings. The van der Waals surface area contributed by atoms with Crippen molar-refractivity contribution in [1.29, 1.82) is 0 Å². The van der Waals surface area contributed by atoms with Gasteiger partial charge >= 0.3 is 0 Å². The number of halogens is 1. The molecular weight excluding hydrogens is 658 g/mol. The Bertz CT molecular complexity index is 2000. The molecule has 1 unspecified atom stereocenters. The van der Waals surface area contributed by atoms with Crippen LogP contribution in [0.25, 0.3) is 5.69 Å². The Balaban J connectivity index is 1.24. The molecule has 15 heteroatoms. The molecule has 3 aromatic carbocycles. The molecule has 0 fully saturated rings. The first-order chi connectivity index (χ1) is 23.2. The van der Waals surface area contributed by atoms with Crippen molar-refractivity contribution in [3.05, 3.63) is 128 Å². The summed E-state index contributed by atoms with van der Waals surface area (Å²) < 4.78 is 20.8. The maximum absolute atomic E-state index is 13.9. The highest BCUT2D eigenvalue weighted by molar-refractivity contribution is 7.99. The number of benzene rings is 3. The van der Waals surface area contributed by atoms with Crippen LogP contribution in [-0.4, -0.2) is 55.1 Å². The third-order valence-electron chi connectivity index (χ3n) is 7.74. The number of hydrazone groups is 1. The second-order valence-electron chi connectivity index (χ2n) is 10.6. The van der Waals surface area contributed by atoms with Gasteiger partial charge in [-0.2, -0.15) is 5.10 Å². The normalized spacial score (nSPS) is 14.1. The van der Waals surface area contributed by atoms with E-state index in [2.05, 4.69) is 15.5 Å². The number of nitrogens with one attached hydrogen (secondary N) is 1. The zero-order valence-corrected chi connectivity index (χ0v) is 27.3. The van der Waals surface area contributed by atoms with Gasteiger partial charge in [-0.05, 0) is 66.4 Å². The Morgan fingerprint density at radius 1 is 1.08 bits per heavy atom. The summed E-state index contributed by atoms with van der Waals surface area (Å²) in [5.41, 5.74) is 2.46.